The predicted molar refractivity (Wildman–Crippen MR) is 75.9 cm³/mol. The normalized spacial score (nSPS) is 20.6. The van der Waals surface area contributed by atoms with E-state index >= 15 is 0 Å². The zero-order valence-corrected chi connectivity index (χ0v) is 13.5. The molecule has 25 heavy (non-hydrogen) atoms. The van der Waals surface area contributed by atoms with Gasteiger partial charge in [-0.2, -0.15) is 23.1 Å². The Morgan fingerprint density at radius 3 is 2.36 bits per heavy atom. The molecule has 3 rings (SSSR count). The molecule has 0 amide bonds. The Kier molecular flexibility index (Phi) is 4.83. The van der Waals surface area contributed by atoms with Crippen LogP contribution in [0.4, 0.5) is 13.2 Å². The molecule has 0 unspecified atom stereocenters. The summed E-state index contributed by atoms with van der Waals surface area (Å²) in [6.45, 7) is 2.15. The Balaban J connectivity index is 1.72. The van der Waals surface area contributed by atoms with Crippen molar-refractivity contribution in [3.05, 3.63) is 11.9 Å². The Morgan fingerprint density at radius 1 is 1.20 bits per heavy atom. The lowest BCUT2D eigenvalue weighted by Gasteiger charge is -2.35. The van der Waals surface area contributed by atoms with E-state index in [4.69, 9.17) is 14.2 Å². The first-order chi connectivity index (χ1) is 11.8. The van der Waals surface area contributed by atoms with E-state index in [9.17, 15) is 18.0 Å². The van der Waals surface area contributed by atoms with E-state index in [-0.39, 0.29) is 12.0 Å². The van der Waals surface area contributed by atoms with E-state index in [1.807, 2.05) is 0 Å². The van der Waals surface area contributed by atoms with Gasteiger partial charge >= 0.3 is 12.1 Å². The van der Waals surface area contributed by atoms with Gasteiger partial charge in [0.2, 0.25) is 17.6 Å². The van der Waals surface area contributed by atoms with Gasteiger partial charge in [0.15, 0.2) is 5.79 Å². The van der Waals surface area contributed by atoms with Crippen molar-refractivity contribution >= 4 is 5.97 Å². The molecular formula is C15H17F3N2O5. The number of halogens is 3. The molecule has 0 radical (unpaired) electrons. The summed E-state index contributed by atoms with van der Waals surface area (Å²) in [5.74, 6) is -3.58. The second-order valence-corrected chi connectivity index (χ2v) is 5.88. The van der Waals surface area contributed by atoms with Gasteiger partial charge in [-0.05, 0) is 12.8 Å². The van der Waals surface area contributed by atoms with Gasteiger partial charge in [0.1, 0.15) is 6.10 Å². The highest BCUT2D eigenvalue weighted by Crippen LogP contribution is 2.37. The minimum absolute atomic E-state index is 0.284. The average molecular weight is 362 g/mol. The molecule has 2 fully saturated rings. The fraction of sp³-hybridized carbons (Fsp3) is 0.667. The van der Waals surface area contributed by atoms with Crippen molar-refractivity contribution in [2.45, 2.75) is 50.7 Å². The molecular weight excluding hydrogens is 345 g/mol. The van der Waals surface area contributed by atoms with Gasteiger partial charge in [0, 0.05) is 19.8 Å². The van der Waals surface area contributed by atoms with Crippen molar-refractivity contribution in [1.29, 1.82) is 0 Å². The quantitative estimate of drug-likeness (QED) is 0.764. The van der Waals surface area contributed by atoms with E-state index in [1.165, 1.54) is 0 Å². The molecule has 1 saturated carbocycles. The van der Waals surface area contributed by atoms with E-state index in [2.05, 4.69) is 14.7 Å². The molecule has 0 atom stereocenters. The first-order valence-electron chi connectivity index (χ1n) is 7.85. The highest BCUT2D eigenvalue weighted by atomic mass is 19.4. The molecule has 1 saturated heterocycles. The summed E-state index contributed by atoms with van der Waals surface area (Å²) in [5, 5.41) is 0. The minimum atomic E-state index is -4.78. The third-order valence-electron chi connectivity index (χ3n) is 3.98. The van der Waals surface area contributed by atoms with Crippen LogP contribution in [0.15, 0.2) is 6.07 Å². The third-order valence-corrected chi connectivity index (χ3v) is 3.98. The number of esters is 1. The maximum Gasteiger partial charge on any atom is 0.451 e. The van der Waals surface area contributed by atoms with Crippen LogP contribution >= 0.6 is 0 Å². The minimum Gasteiger partial charge on any atom is -0.474 e. The van der Waals surface area contributed by atoms with Crippen LogP contribution < -0.4 is 9.47 Å². The summed E-state index contributed by atoms with van der Waals surface area (Å²) < 4.78 is 60.1. The van der Waals surface area contributed by atoms with Gasteiger partial charge in [0.05, 0.1) is 19.3 Å². The molecule has 2 aliphatic rings. The van der Waals surface area contributed by atoms with Gasteiger partial charge in [-0.3, -0.25) is 4.79 Å². The number of ether oxygens (including phenoxy) is 4. The number of alkyl halides is 3. The summed E-state index contributed by atoms with van der Waals surface area (Å²) >= 11 is 0. The zero-order valence-electron chi connectivity index (χ0n) is 13.5. The van der Waals surface area contributed by atoms with Crippen LogP contribution in [0, 0.1) is 0 Å². The Labute approximate surface area is 141 Å². The second-order valence-electron chi connectivity index (χ2n) is 5.88. The molecule has 1 aliphatic heterocycles. The smallest absolute Gasteiger partial charge is 0.451 e. The second kappa shape index (κ2) is 6.75. The number of rotatable bonds is 3. The highest BCUT2D eigenvalue weighted by Gasteiger charge is 2.41. The highest BCUT2D eigenvalue weighted by molar-refractivity contribution is 5.68. The first-order valence-corrected chi connectivity index (χ1v) is 7.85. The van der Waals surface area contributed by atoms with Crippen LogP contribution in [0.3, 0.4) is 0 Å². The number of nitrogens with zero attached hydrogens (tertiary/aromatic N) is 2. The molecule has 0 bridgehead atoms. The largest absolute Gasteiger partial charge is 0.474 e. The number of carbonyl (C=O) groups excluding carboxylic acids is 1. The Hall–Kier alpha value is -1.94. The molecule has 1 aromatic rings. The number of hydrogen-bond donors (Lipinski definition) is 0. The van der Waals surface area contributed by atoms with Crippen molar-refractivity contribution in [2.75, 3.05) is 13.2 Å². The lowest BCUT2D eigenvalue weighted by Crippen LogP contribution is -2.38. The molecule has 1 aliphatic carbocycles. The van der Waals surface area contributed by atoms with Gasteiger partial charge in [-0.15, -0.1) is 0 Å². The molecule has 7 nitrogen and oxygen atoms in total. The third kappa shape index (κ3) is 4.37. The number of hydrogen-bond acceptors (Lipinski definition) is 7. The molecule has 10 heteroatoms. The molecule has 2 heterocycles. The van der Waals surface area contributed by atoms with Gasteiger partial charge in [-0.1, -0.05) is 0 Å². The lowest BCUT2D eigenvalue weighted by molar-refractivity contribution is -0.186. The van der Waals surface area contributed by atoms with Crippen molar-refractivity contribution in [3.8, 4) is 11.8 Å². The predicted octanol–water partition coefficient (Wildman–Crippen LogP) is 2.49. The van der Waals surface area contributed by atoms with Crippen LogP contribution in [0.5, 0.6) is 11.8 Å². The fourth-order valence-corrected chi connectivity index (χ4v) is 2.90. The van der Waals surface area contributed by atoms with Crippen molar-refractivity contribution in [3.63, 3.8) is 0 Å². The van der Waals surface area contributed by atoms with Crippen LogP contribution in [0.1, 0.15) is 38.4 Å². The number of carbonyl (C=O) groups is 1. The van der Waals surface area contributed by atoms with E-state index < -0.39 is 29.6 Å². The maximum absolute atomic E-state index is 12.9. The molecule has 1 aromatic heterocycles. The monoisotopic (exact) mass is 362 g/mol. The van der Waals surface area contributed by atoms with Gasteiger partial charge in [0.25, 0.3) is 0 Å². The fourth-order valence-electron chi connectivity index (χ4n) is 2.90. The first kappa shape index (κ1) is 17.9. The Morgan fingerprint density at radius 2 is 1.80 bits per heavy atom. The summed E-state index contributed by atoms with van der Waals surface area (Å²) in [4.78, 5) is 17.6. The standard InChI is InChI=1S/C15H17F3N2O5/c1-9(21)24-11-8-12(20-13(19-11)15(16,17)18)25-10-2-4-14(5-3-10)22-6-7-23-14/h8,10H,2-7H2,1H3. The van der Waals surface area contributed by atoms with Crippen molar-refractivity contribution in [1.82, 2.24) is 9.97 Å². The lowest BCUT2D eigenvalue weighted by atomic mass is 9.92. The molecule has 1 spiro atoms. The Bertz CT molecular complexity index is 637. The summed E-state index contributed by atoms with van der Waals surface area (Å²) in [5.41, 5.74) is 0. The maximum atomic E-state index is 12.9. The van der Waals surface area contributed by atoms with E-state index in [0.29, 0.717) is 38.9 Å². The van der Waals surface area contributed by atoms with Gasteiger partial charge < -0.3 is 18.9 Å². The van der Waals surface area contributed by atoms with Crippen LogP contribution in [-0.2, 0) is 20.4 Å². The summed E-state index contributed by atoms with van der Waals surface area (Å²) in [7, 11) is 0. The van der Waals surface area contributed by atoms with Crippen LogP contribution in [-0.4, -0.2) is 41.0 Å². The topological polar surface area (TPSA) is 79.8 Å². The van der Waals surface area contributed by atoms with Crippen LogP contribution in [0.2, 0.25) is 0 Å². The molecule has 0 aromatic carbocycles. The summed E-state index contributed by atoms with van der Waals surface area (Å²) in [6.07, 6.45) is -2.84. The van der Waals surface area contributed by atoms with Crippen molar-refractivity contribution < 1.29 is 36.9 Å². The average Bonchev–Trinajstić information content (AvgIpc) is 2.96. The SMILES string of the molecule is CC(=O)Oc1cc(OC2CCC3(CC2)OCCO3)nc(C(F)(F)F)n1. The number of aromatic nitrogens is 2. The van der Waals surface area contributed by atoms with Crippen molar-refractivity contribution in [2.24, 2.45) is 0 Å². The molecule has 138 valence electrons. The van der Waals surface area contributed by atoms with E-state index in [0.717, 1.165) is 13.0 Å². The van der Waals surface area contributed by atoms with Gasteiger partial charge in [-0.25, -0.2) is 0 Å². The summed E-state index contributed by atoms with van der Waals surface area (Å²) in [6, 6.07) is 1.07. The zero-order chi connectivity index (χ0) is 18.1. The molecule has 0 N–H and O–H groups in total. The van der Waals surface area contributed by atoms with E-state index in [1.54, 1.807) is 0 Å². The van der Waals surface area contributed by atoms with Crippen LogP contribution in [0.25, 0.3) is 0 Å².